The van der Waals surface area contributed by atoms with E-state index in [9.17, 15) is 4.79 Å². The van der Waals surface area contributed by atoms with E-state index in [4.69, 9.17) is 4.74 Å². The van der Waals surface area contributed by atoms with Gasteiger partial charge < -0.3 is 9.64 Å². The number of thiophene rings is 1. The lowest BCUT2D eigenvalue weighted by Gasteiger charge is -2.24. The monoisotopic (exact) mass is 368 g/mol. The van der Waals surface area contributed by atoms with Gasteiger partial charge in [0.2, 0.25) is 0 Å². The van der Waals surface area contributed by atoms with Crippen LogP contribution < -0.4 is 0 Å². The zero-order valence-electron chi connectivity index (χ0n) is 14.3. The average molecular weight is 368 g/mol. The van der Waals surface area contributed by atoms with Gasteiger partial charge in [-0.1, -0.05) is 23.4 Å². The molecule has 1 saturated heterocycles. The van der Waals surface area contributed by atoms with E-state index in [1.807, 2.05) is 46.7 Å². The third-order valence-corrected chi connectivity index (χ3v) is 5.15. The molecule has 26 heavy (non-hydrogen) atoms. The van der Waals surface area contributed by atoms with Crippen molar-refractivity contribution in [2.24, 2.45) is 0 Å². The number of benzene rings is 1. The van der Waals surface area contributed by atoms with Crippen molar-refractivity contribution in [1.82, 2.24) is 19.9 Å². The summed E-state index contributed by atoms with van der Waals surface area (Å²) in [5, 5.41) is 12.3. The summed E-state index contributed by atoms with van der Waals surface area (Å²) in [6.45, 7) is 1.91. The summed E-state index contributed by atoms with van der Waals surface area (Å²) >= 11 is 1.63. The van der Waals surface area contributed by atoms with Gasteiger partial charge in [-0.15, -0.1) is 5.10 Å². The molecule has 3 heterocycles. The Bertz CT molecular complexity index is 842. The first-order valence-corrected chi connectivity index (χ1v) is 9.63. The van der Waals surface area contributed by atoms with Crippen LogP contribution >= 0.6 is 11.3 Å². The van der Waals surface area contributed by atoms with Crippen LogP contribution in [0.3, 0.4) is 0 Å². The number of carbonyl (C=O) groups excluding carboxylic acids is 1. The molecule has 0 spiro atoms. The van der Waals surface area contributed by atoms with Gasteiger partial charge in [0, 0.05) is 19.7 Å². The molecule has 134 valence electrons. The van der Waals surface area contributed by atoms with Crippen molar-refractivity contribution in [2.45, 2.75) is 25.5 Å². The fourth-order valence-electron chi connectivity index (χ4n) is 3.09. The van der Waals surface area contributed by atoms with Crippen LogP contribution in [-0.4, -0.2) is 45.1 Å². The summed E-state index contributed by atoms with van der Waals surface area (Å²) < 4.78 is 7.36. The van der Waals surface area contributed by atoms with Gasteiger partial charge >= 0.3 is 0 Å². The van der Waals surface area contributed by atoms with Gasteiger partial charge in [0.25, 0.3) is 5.91 Å². The second kappa shape index (κ2) is 7.80. The van der Waals surface area contributed by atoms with Crippen LogP contribution in [0.5, 0.6) is 0 Å². The summed E-state index contributed by atoms with van der Waals surface area (Å²) in [4.78, 5) is 14.9. The number of hydrogen-bond donors (Lipinski definition) is 0. The van der Waals surface area contributed by atoms with Crippen LogP contribution in [-0.2, 0) is 11.3 Å². The minimum absolute atomic E-state index is 0.0988. The number of nitrogens with zero attached hydrogens (tertiary/aromatic N) is 4. The molecule has 1 aromatic carbocycles. The van der Waals surface area contributed by atoms with Crippen LogP contribution in [0, 0.1) is 0 Å². The minimum Gasteiger partial charge on any atom is -0.376 e. The van der Waals surface area contributed by atoms with E-state index < -0.39 is 0 Å². The molecule has 1 aliphatic heterocycles. The summed E-state index contributed by atoms with van der Waals surface area (Å²) in [5.41, 5.74) is 2.35. The van der Waals surface area contributed by atoms with Crippen LogP contribution in [0.25, 0.3) is 5.69 Å². The van der Waals surface area contributed by atoms with E-state index in [-0.39, 0.29) is 12.0 Å². The molecule has 2 aromatic heterocycles. The first-order valence-electron chi connectivity index (χ1n) is 8.69. The fourth-order valence-corrected chi connectivity index (χ4v) is 3.75. The average Bonchev–Trinajstić information content (AvgIpc) is 3.44. The highest BCUT2D eigenvalue weighted by Gasteiger charge is 2.25. The second-order valence-electron chi connectivity index (χ2n) is 6.34. The number of rotatable bonds is 6. The number of hydrogen-bond acceptors (Lipinski definition) is 5. The van der Waals surface area contributed by atoms with Crippen molar-refractivity contribution in [3.63, 3.8) is 0 Å². The second-order valence-corrected chi connectivity index (χ2v) is 7.12. The third-order valence-electron chi connectivity index (χ3n) is 4.42. The van der Waals surface area contributed by atoms with Crippen LogP contribution in [0.15, 0.2) is 53.4 Å². The standard InChI is InChI=1S/C19H20N4O2S/c24-19(18-13-23(21-20-18)16-5-2-1-3-6-16)22(11-15-8-10-26-14-15)12-17-7-4-9-25-17/h1-3,5-6,8,10,13-14,17H,4,7,9,11-12H2. The molecule has 7 heteroatoms. The zero-order chi connectivity index (χ0) is 17.8. The Morgan fingerprint density at radius 2 is 2.19 bits per heavy atom. The molecule has 0 N–H and O–H groups in total. The topological polar surface area (TPSA) is 60.2 Å². The molecular formula is C19H20N4O2S. The third kappa shape index (κ3) is 3.84. The Kier molecular flexibility index (Phi) is 5.08. The van der Waals surface area contributed by atoms with Crippen molar-refractivity contribution in [3.05, 3.63) is 64.6 Å². The largest absolute Gasteiger partial charge is 0.376 e. The molecule has 3 aromatic rings. The molecule has 0 bridgehead atoms. The summed E-state index contributed by atoms with van der Waals surface area (Å²) in [5.74, 6) is -0.117. The maximum atomic E-state index is 13.1. The maximum absolute atomic E-state index is 13.1. The first kappa shape index (κ1) is 16.9. The van der Waals surface area contributed by atoms with Crippen molar-refractivity contribution in [3.8, 4) is 5.69 Å². The SMILES string of the molecule is O=C(c1cn(-c2ccccc2)nn1)N(Cc1ccsc1)CC1CCCO1. The lowest BCUT2D eigenvalue weighted by molar-refractivity contribution is 0.0503. The first-order chi connectivity index (χ1) is 12.8. The highest BCUT2D eigenvalue weighted by atomic mass is 32.1. The number of carbonyl (C=O) groups is 1. The molecule has 0 aliphatic carbocycles. The van der Waals surface area contributed by atoms with Gasteiger partial charge in [0.05, 0.1) is 18.0 Å². The van der Waals surface area contributed by atoms with Crippen molar-refractivity contribution >= 4 is 17.2 Å². The number of amides is 1. The number of aromatic nitrogens is 3. The Hall–Kier alpha value is -2.51. The summed E-state index contributed by atoms with van der Waals surface area (Å²) in [6.07, 6.45) is 3.83. The lowest BCUT2D eigenvalue weighted by atomic mass is 10.2. The van der Waals surface area contributed by atoms with Crippen molar-refractivity contribution < 1.29 is 9.53 Å². The Labute approximate surface area is 156 Å². The maximum Gasteiger partial charge on any atom is 0.276 e. The summed E-state index contributed by atoms with van der Waals surface area (Å²) in [6, 6.07) is 11.7. The summed E-state index contributed by atoms with van der Waals surface area (Å²) in [7, 11) is 0. The quantitative estimate of drug-likeness (QED) is 0.671. The van der Waals surface area contributed by atoms with Gasteiger partial charge in [-0.2, -0.15) is 11.3 Å². The van der Waals surface area contributed by atoms with E-state index in [0.29, 0.717) is 18.8 Å². The molecule has 1 unspecified atom stereocenters. The molecule has 0 saturated carbocycles. The van der Waals surface area contributed by atoms with E-state index in [1.54, 1.807) is 22.2 Å². The number of para-hydroxylation sites is 1. The van der Waals surface area contributed by atoms with Crippen LogP contribution in [0.2, 0.25) is 0 Å². The van der Waals surface area contributed by atoms with Gasteiger partial charge in [-0.25, -0.2) is 4.68 Å². The van der Waals surface area contributed by atoms with Crippen molar-refractivity contribution in [2.75, 3.05) is 13.2 Å². The lowest BCUT2D eigenvalue weighted by Crippen LogP contribution is -2.37. The Morgan fingerprint density at radius 1 is 1.31 bits per heavy atom. The van der Waals surface area contributed by atoms with Gasteiger partial charge in [0.15, 0.2) is 5.69 Å². The highest BCUT2D eigenvalue weighted by Crippen LogP contribution is 2.18. The molecule has 1 amide bonds. The van der Waals surface area contributed by atoms with E-state index in [1.165, 1.54) is 0 Å². The molecule has 1 fully saturated rings. The van der Waals surface area contributed by atoms with Gasteiger partial charge in [-0.3, -0.25) is 4.79 Å². The van der Waals surface area contributed by atoms with Gasteiger partial charge in [-0.05, 0) is 47.4 Å². The molecule has 1 atom stereocenters. The zero-order valence-corrected chi connectivity index (χ0v) is 15.1. The predicted molar refractivity (Wildman–Crippen MR) is 99.4 cm³/mol. The number of ether oxygens (including phenoxy) is 1. The molecule has 4 rings (SSSR count). The smallest absolute Gasteiger partial charge is 0.276 e. The molecule has 6 nitrogen and oxygen atoms in total. The fraction of sp³-hybridized carbons (Fsp3) is 0.316. The van der Waals surface area contributed by atoms with Crippen molar-refractivity contribution in [1.29, 1.82) is 0 Å². The van der Waals surface area contributed by atoms with E-state index >= 15 is 0 Å². The molecule has 1 aliphatic rings. The highest BCUT2D eigenvalue weighted by molar-refractivity contribution is 7.07. The predicted octanol–water partition coefficient (Wildman–Crippen LogP) is 3.15. The Morgan fingerprint density at radius 3 is 2.92 bits per heavy atom. The molecule has 0 radical (unpaired) electrons. The molecular weight excluding hydrogens is 348 g/mol. The van der Waals surface area contributed by atoms with Crippen LogP contribution in [0.1, 0.15) is 28.9 Å². The Balaban J connectivity index is 1.54. The van der Waals surface area contributed by atoms with E-state index in [2.05, 4.69) is 15.7 Å². The van der Waals surface area contributed by atoms with Gasteiger partial charge in [0.1, 0.15) is 0 Å². The van der Waals surface area contributed by atoms with E-state index in [0.717, 1.165) is 30.7 Å². The minimum atomic E-state index is -0.117. The van der Waals surface area contributed by atoms with Crippen LogP contribution in [0.4, 0.5) is 0 Å². The normalized spacial score (nSPS) is 16.7.